The Kier molecular flexibility index (Phi) is 6.47. The van der Waals surface area contributed by atoms with Gasteiger partial charge in [0.1, 0.15) is 17.4 Å². The first-order chi connectivity index (χ1) is 17.8. The van der Waals surface area contributed by atoms with Crippen molar-refractivity contribution >= 4 is 22.9 Å². The molecule has 0 saturated carbocycles. The highest BCUT2D eigenvalue weighted by Gasteiger charge is 2.34. The van der Waals surface area contributed by atoms with Crippen LogP contribution < -0.4 is 9.47 Å². The highest BCUT2D eigenvalue weighted by molar-refractivity contribution is 5.85. The maximum Gasteiger partial charge on any atom is 0.326 e. The first kappa shape index (κ1) is 24.2. The lowest BCUT2D eigenvalue weighted by atomic mass is 10.0. The minimum atomic E-state index is -0.993. The molecule has 2 N–H and O–H groups in total. The zero-order valence-corrected chi connectivity index (χ0v) is 20.3. The topological polar surface area (TPSA) is 118 Å². The molecule has 1 amide bonds. The second kappa shape index (κ2) is 9.88. The number of H-pyrrole nitrogens is 1. The normalized spacial score (nSPS) is 15.2. The summed E-state index contributed by atoms with van der Waals surface area (Å²) in [5.74, 6) is -0.251. The smallest absolute Gasteiger partial charge is 0.326 e. The van der Waals surface area contributed by atoms with E-state index in [-0.39, 0.29) is 18.3 Å². The summed E-state index contributed by atoms with van der Waals surface area (Å²) >= 11 is 0. The summed E-state index contributed by atoms with van der Waals surface area (Å²) in [4.78, 5) is 37.4. The highest BCUT2D eigenvalue weighted by Crippen LogP contribution is 2.33. The molecule has 0 spiro atoms. The summed E-state index contributed by atoms with van der Waals surface area (Å²) in [5.41, 5.74) is 2.87. The fourth-order valence-corrected chi connectivity index (χ4v) is 4.60. The second-order valence-electron chi connectivity index (χ2n) is 8.95. The molecule has 4 aromatic rings. The number of carboxylic acid groups (broad SMARTS) is 1. The van der Waals surface area contributed by atoms with E-state index < -0.39 is 17.8 Å². The average molecular weight is 505 g/mol. The van der Waals surface area contributed by atoms with E-state index in [9.17, 15) is 19.1 Å². The van der Waals surface area contributed by atoms with Crippen LogP contribution in [0.3, 0.4) is 0 Å². The third-order valence-corrected chi connectivity index (χ3v) is 6.37. The van der Waals surface area contributed by atoms with Crippen molar-refractivity contribution in [2.24, 2.45) is 0 Å². The van der Waals surface area contributed by atoms with Crippen LogP contribution >= 0.6 is 0 Å². The van der Waals surface area contributed by atoms with Crippen molar-refractivity contribution in [3.8, 4) is 28.6 Å². The zero-order valence-electron chi connectivity index (χ0n) is 20.3. The number of hydrogen-bond acceptors (Lipinski definition) is 6. The number of carbonyl (C=O) groups is 2. The number of nitrogens with zero attached hydrogens (tertiary/aromatic N) is 3. The lowest BCUT2D eigenvalue weighted by molar-refractivity contribution is -0.149. The number of aryl methyl sites for hydroxylation is 2. The van der Waals surface area contributed by atoms with Gasteiger partial charge in [-0.1, -0.05) is 12.1 Å². The molecule has 0 bridgehead atoms. The van der Waals surface area contributed by atoms with Gasteiger partial charge in [0.05, 0.1) is 5.39 Å². The first-order valence-corrected chi connectivity index (χ1v) is 11.8. The number of para-hydroxylation sites is 1. The summed E-state index contributed by atoms with van der Waals surface area (Å²) in [5, 5.41) is 9.93. The summed E-state index contributed by atoms with van der Waals surface area (Å²) in [6.07, 6.45) is 4.34. The van der Waals surface area contributed by atoms with E-state index in [0.717, 1.165) is 16.7 Å². The first-order valence-electron chi connectivity index (χ1n) is 11.8. The number of aromatic nitrogens is 3. The molecule has 5 rings (SSSR count). The van der Waals surface area contributed by atoms with Gasteiger partial charge < -0.3 is 24.5 Å². The zero-order chi connectivity index (χ0) is 26.1. The Hall–Kier alpha value is -4.47. The van der Waals surface area contributed by atoms with E-state index in [1.165, 1.54) is 11.0 Å². The fourth-order valence-electron chi connectivity index (χ4n) is 4.60. The lowest BCUT2D eigenvalue weighted by Crippen LogP contribution is -2.42. The summed E-state index contributed by atoms with van der Waals surface area (Å²) < 4.78 is 25.5. The Labute approximate surface area is 211 Å². The van der Waals surface area contributed by atoms with Crippen molar-refractivity contribution in [1.29, 1.82) is 0 Å². The van der Waals surface area contributed by atoms with Gasteiger partial charge in [-0.05, 0) is 62.1 Å². The van der Waals surface area contributed by atoms with Gasteiger partial charge in [0.15, 0.2) is 29.7 Å². The number of carboxylic acids is 1. The SMILES string of the molecule is Cc1cc(-c2ncc3c(Oc4ccccc4F)c[nH]c3n2)cc(C)c1OCC(=O)N1CCC[C@H]1C(=O)O. The van der Waals surface area contributed by atoms with E-state index in [2.05, 4.69) is 15.0 Å². The van der Waals surface area contributed by atoms with Crippen molar-refractivity contribution in [3.05, 3.63) is 65.7 Å². The molecule has 0 unspecified atom stereocenters. The van der Waals surface area contributed by atoms with Crippen molar-refractivity contribution in [1.82, 2.24) is 19.9 Å². The monoisotopic (exact) mass is 504 g/mol. The van der Waals surface area contributed by atoms with E-state index in [4.69, 9.17) is 9.47 Å². The van der Waals surface area contributed by atoms with Gasteiger partial charge in [-0.15, -0.1) is 0 Å². The third-order valence-electron chi connectivity index (χ3n) is 6.37. The number of amides is 1. The van der Waals surface area contributed by atoms with Crippen LogP contribution in [0.5, 0.6) is 17.2 Å². The Balaban J connectivity index is 1.33. The number of benzene rings is 2. The van der Waals surface area contributed by atoms with Gasteiger partial charge in [-0.3, -0.25) is 4.79 Å². The van der Waals surface area contributed by atoms with Crippen molar-refractivity contribution in [3.63, 3.8) is 0 Å². The number of aromatic amines is 1. The van der Waals surface area contributed by atoms with Gasteiger partial charge in [-0.2, -0.15) is 0 Å². The number of rotatable bonds is 7. The van der Waals surface area contributed by atoms with Gasteiger partial charge in [0.25, 0.3) is 5.91 Å². The van der Waals surface area contributed by atoms with Crippen LogP contribution in [0.15, 0.2) is 48.8 Å². The Morgan fingerprint density at radius 2 is 1.95 bits per heavy atom. The molecule has 0 radical (unpaired) electrons. The molecule has 1 aliphatic rings. The highest BCUT2D eigenvalue weighted by atomic mass is 19.1. The van der Waals surface area contributed by atoms with E-state index in [1.54, 1.807) is 30.6 Å². The predicted molar refractivity (Wildman–Crippen MR) is 133 cm³/mol. The summed E-state index contributed by atoms with van der Waals surface area (Å²) in [7, 11) is 0. The van der Waals surface area contributed by atoms with Gasteiger partial charge in [-0.25, -0.2) is 19.2 Å². The maximum atomic E-state index is 14.0. The molecular weight excluding hydrogens is 479 g/mol. The van der Waals surface area contributed by atoms with Crippen molar-refractivity contribution < 1.29 is 28.6 Å². The van der Waals surface area contributed by atoms with Gasteiger partial charge >= 0.3 is 5.97 Å². The van der Waals surface area contributed by atoms with Gasteiger partial charge in [0, 0.05) is 24.5 Å². The van der Waals surface area contributed by atoms with E-state index in [1.807, 2.05) is 26.0 Å². The van der Waals surface area contributed by atoms with Crippen LogP contribution in [-0.2, 0) is 9.59 Å². The molecule has 9 nitrogen and oxygen atoms in total. The van der Waals surface area contributed by atoms with Crippen LogP contribution in [-0.4, -0.2) is 56.0 Å². The number of halogens is 1. The number of aliphatic carboxylic acids is 1. The van der Waals surface area contributed by atoms with Gasteiger partial charge in [0.2, 0.25) is 0 Å². The lowest BCUT2D eigenvalue weighted by Gasteiger charge is -2.22. The Morgan fingerprint density at radius 1 is 1.19 bits per heavy atom. The number of hydrogen-bond donors (Lipinski definition) is 2. The summed E-state index contributed by atoms with van der Waals surface area (Å²) in [6.45, 7) is 3.90. The minimum Gasteiger partial charge on any atom is -0.483 e. The number of likely N-dealkylation sites (tertiary alicyclic amines) is 1. The molecule has 2 aromatic heterocycles. The van der Waals surface area contributed by atoms with Crippen LogP contribution in [0.4, 0.5) is 4.39 Å². The van der Waals surface area contributed by atoms with Crippen molar-refractivity contribution in [2.45, 2.75) is 32.7 Å². The number of ether oxygens (including phenoxy) is 2. The average Bonchev–Trinajstić information content (AvgIpc) is 3.52. The number of nitrogens with one attached hydrogen (secondary N) is 1. The van der Waals surface area contributed by atoms with Crippen molar-refractivity contribution in [2.75, 3.05) is 13.2 Å². The Bertz CT molecular complexity index is 1480. The van der Waals surface area contributed by atoms with Crippen LogP contribution in [0, 0.1) is 19.7 Å². The molecule has 1 aliphatic heterocycles. The molecule has 0 aliphatic carbocycles. The van der Waals surface area contributed by atoms with Crippen LogP contribution in [0.2, 0.25) is 0 Å². The number of carbonyl (C=O) groups excluding carboxylic acids is 1. The fraction of sp³-hybridized carbons (Fsp3) is 0.259. The molecule has 10 heteroatoms. The molecule has 1 atom stereocenters. The largest absolute Gasteiger partial charge is 0.483 e. The molecule has 1 saturated heterocycles. The molecule has 1 fully saturated rings. The second-order valence-corrected chi connectivity index (χ2v) is 8.95. The van der Waals surface area contributed by atoms with Crippen LogP contribution in [0.1, 0.15) is 24.0 Å². The standard InChI is InChI=1S/C27H25FN4O5/c1-15-10-17(11-16(2)24(15)36-14-23(33)32-9-5-7-20(32)27(34)35)25-29-12-18-22(13-30-26(18)31-25)37-21-8-4-3-6-19(21)28/h3-4,6,8,10-13,20H,5,7,9,14H2,1-2H3,(H,34,35)(H,29,30,31)/t20-/m0/s1. The predicted octanol–water partition coefficient (Wildman–Crippen LogP) is 4.63. The molecule has 37 heavy (non-hydrogen) atoms. The maximum absolute atomic E-state index is 14.0. The van der Waals surface area contributed by atoms with E-state index in [0.29, 0.717) is 47.7 Å². The van der Waals surface area contributed by atoms with Crippen LogP contribution in [0.25, 0.3) is 22.4 Å². The minimum absolute atomic E-state index is 0.107. The molecule has 3 heterocycles. The Morgan fingerprint density at radius 3 is 2.68 bits per heavy atom. The summed E-state index contributed by atoms with van der Waals surface area (Å²) in [6, 6.07) is 9.08. The van der Waals surface area contributed by atoms with E-state index >= 15 is 0 Å². The third kappa shape index (κ3) is 4.82. The number of fused-ring (bicyclic) bond motifs is 1. The molecular formula is C27H25FN4O5. The molecule has 2 aromatic carbocycles. The molecule has 190 valence electrons. The quantitative estimate of drug-likeness (QED) is 0.377.